The number of nitrogens with one attached hydrogen (secondary N) is 1. The van der Waals surface area contributed by atoms with E-state index in [9.17, 15) is 4.79 Å². The van der Waals surface area contributed by atoms with Crippen LogP contribution in [0.1, 0.15) is 5.69 Å². The van der Waals surface area contributed by atoms with Gasteiger partial charge in [0, 0.05) is 6.07 Å². The topological polar surface area (TPSA) is 80.8 Å². The molecule has 2 heterocycles. The van der Waals surface area contributed by atoms with Crippen molar-refractivity contribution in [3.05, 3.63) is 32.9 Å². The van der Waals surface area contributed by atoms with E-state index in [0.29, 0.717) is 27.6 Å². The van der Waals surface area contributed by atoms with Crippen LogP contribution in [-0.4, -0.2) is 27.0 Å². The Morgan fingerprint density at radius 3 is 2.82 bits per heavy atom. The largest absolute Gasteiger partial charge is 0.481 e. The van der Waals surface area contributed by atoms with E-state index in [1.54, 1.807) is 13.0 Å². The molecule has 0 saturated heterocycles. The van der Waals surface area contributed by atoms with Gasteiger partial charge in [-0.3, -0.25) is 4.79 Å². The molecule has 0 aliphatic heterocycles. The van der Waals surface area contributed by atoms with Gasteiger partial charge in [-0.2, -0.15) is 0 Å². The number of rotatable bonds is 2. The zero-order valence-electron chi connectivity index (χ0n) is 9.19. The average Bonchev–Trinajstić information content (AvgIpc) is 2.35. The smallest absolute Gasteiger partial charge is 0.265 e. The molecule has 0 amide bonds. The Labute approximate surface area is 105 Å². The quantitative estimate of drug-likeness (QED) is 0.903. The summed E-state index contributed by atoms with van der Waals surface area (Å²) in [5.74, 6) is 0.801. The first kappa shape index (κ1) is 11.7. The predicted octanol–water partition coefficient (Wildman–Crippen LogP) is 1.31. The van der Waals surface area contributed by atoms with Crippen molar-refractivity contribution in [3.8, 4) is 17.4 Å². The Morgan fingerprint density at radius 1 is 1.41 bits per heavy atom. The number of ether oxygens (including phenoxy) is 1. The Morgan fingerprint density at radius 2 is 2.18 bits per heavy atom. The number of aryl methyl sites for hydroxylation is 1. The molecular formula is C10H9BrN4O2. The van der Waals surface area contributed by atoms with E-state index in [2.05, 4.69) is 35.9 Å². The zero-order valence-corrected chi connectivity index (χ0v) is 10.8. The zero-order chi connectivity index (χ0) is 12.4. The van der Waals surface area contributed by atoms with Crippen molar-refractivity contribution in [1.29, 1.82) is 0 Å². The summed E-state index contributed by atoms with van der Waals surface area (Å²) in [7, 11) is 1.51. The van der Waals surface area contributed by atoms with Crippen LogP contribution in [0.5, 0.6) is 5.88 Å². The van der Waals surface area contributed by atoms with Crippen molar-refractivity contribution in [2.75, 3.05) is 7.11 Å². The summed E-state index contributed by atoms with van der Waals surface area (Å²) < 4.78 is 5.40. The highest BCUT2D eigenvalue weighted by Crippen LogP contribution is 2.16. The van der Waals surface area contributed by atoms with Gasteiger partial charge in [0.25, 0.3) is 5.56 Å². The lowest BCUT2D eigenvalue weighted by atomic mass is 10.3. The van der Waals surface area contributed by atoms with Crippen molar-refractivity contribution in [3.63, 3.8) is 0 Å². The van der Waals surface area contributed by atoms with Gasteiger partial charge < -0.3 is 9.72 Å². The summed E-state index contributed by atoms with van der Waals surface area (Å²) in [4.78, 5) is 26.3. The van der Waals surface area contributed by atoms with Crippen LogP contribution in [0, 0.1) is 6.92 Å². The van der Waals surface area contributed by atoms with E-state index in [1.807, 2.05) is 0 Å². The molecule has 1 N–H and O–H groups in total. The Balaban J connectivity index is 2.56. The second kappa shape index (κ2) is 4.62. The predicted molar refractivity (Wildman–Crippen MR) is 64.9 cm³/mol. The number of H-pyrrole nitrogens is 1. The SMILES string of the molecule is COc1cc(-c2nc(C)c(Br)c(=O)[nH]2)ncn1. The standard InChI is InChI=1S/C10H9BrN4O2/c1-5-8(11)10(16)15-9(14-5)6-3-7(17-2)13-4-12-6/h3-4H,1-2H3,(H,14,15,16). The van der Waals surface area contributed by atoms with Gasteiger partial charge in [-0.05, 0) is 22.9 Å². The van der Waals surface area contributed by atoms with Crippen LogP contribution in [0.25, 0.3) is 11.5 Å². The van der Waals surface area contributed by atoms with Crippen LogP contribution in [0.2, 0.25) is 0 Å². The highest BCUT2D eigenvalue weighted by Gasteiger charge is 2.09. The summed E-state index contributed by atoms with van der Waals surface area (Å²) in [5, 5.41) is 0. The highest BCUT2D eigenvalue weighted by atomic mass is 79.9. The molecule has 0 aliphatic rings. The molecule has 0 saturated carbocycles. The summed E-state index contributed by atoms with van der Waals surface area (Å²) in [6.07, 6.45) is 1.35. The molecule has 0 aromatic carbocycles. The number of hydrogen-bond donors (Lipinski definition) is 1. The molecule has 2 aromatic rings. The molecule has 88 valence electrons. The lowest BCUT2D eigenvalue weighted by Crippen LogP contribution is -2.12. The lowest BCUT2D eigenvalue weighted by molar-refractivity contribution is 0.397. The summed E-state index contributed by atoms with van der Waals surface area (Å²) in [5.41, 5.74) is 0.857. The molecule has 0 radical (unpaired) electrons. The van der Waals surface area contributed by atoms with Gasteiger partial charge in [-0.1, -0.05) is 0 Å². The monoisotopic (exact) mass is 296 g/mol. The number of methoxy groups -OCH3 is 1. The molecule has 17 heavy (non-hydrogen) atoms. The fourth-order valence-corrected chi connectivity index (χ4v) is 1.46. The fourth-order valence-electron chi connectivity index (χ4n) is 1.27. The third kappa shape index (κ3) is 2.33. The highest BCUT2D eigenvalue weighted by molar-refractivity contribution is 9.10. The molecule has 0 fully saturated rings. The first-order valence-corrected chi connectivity index (χ1v) is 5.54. The van der Waals surface area contributed by atoms with Crippen LogP contribution in [0.15, 0.2) is 21.7 Å². The van der Waals surface area contributed by atoms with Crippen LogP contribution in [0.3, 0.4) is 0 Å². The van der Waals surface area contributed by atoms with Crippen molar-refractivity contribution in [2.24, 2.45) is 0 Å². The normalized spacial score (nSPS) is 10.3. The van der Waals surface area contributed by atoms with E-state index in [4.69, 9.17) is 4.74 Å². The van der Waals surface area contributed by atoms with Crippen molar-refractivity contribution in [2.45, 2.75) is 6.92 Å². The Hall–Kier alpha value is -1.76. The Bertz CT molecular complexity index is 611. The fraction of sp³-hybridized carbons (Fsp3) is 0.200. The first-order chi connectivity index (χ1) is 8.11. The first-order valence-electron chi connectivity index (χ1n) is 4.74. The molecular weight excluding hydrogens is 288 g/mol. The molecule has 6 nitrogen and oxygen atoms in total. The molecule has 0 unspecified atom stereocenters. The number of hydrogen-bond acceptors (Lipinski definition) is 5. The van der Waals surface area contributed by atoms with E-state index < -0.39 is 0 Å². The average molecular weight is 297 g/mol. The summed E-state index contributed by atoms with van der Waals surface area (Å²) in [6, 6.07) is 1.60. The Kier molecular flexibility index (Phi) is 3.19. The van der Waals surface area contributed by atoms with Gasteiger partial charge in [0.2, 0.25) is 5.88 Å². The maximum atomic E-state index is 11.6. The minimum atomic E-state index is -0.245. The number of nitrogens with zero attached hydrogens (tertiary/aromatic N) is 3. The lowest BCUT2D eigenvalue weighted by Gasteiger charge is -2.03. The maximum Gasteiger partial charge on any atom is 0.265 e. The third-order valence-corrected chi connectivity index (χ3v) is 3.06. The van der Waals surface area contributed by atoms with Gasteiger partial charge in [0.1, 0.15) is 16.5 Å². The van der Waals surface area contributed by atoms with E-state index in [1.165, 1.54) is 13.4 Å². The van der Waals surface area contributed by atoms with Crippen molar-refractivity contribution < 1.29 is 4.74 Å². The van der Waals surface area contributed by atoms with Crippen molar-refractivity contribution >= 4 is 15.9 Å². The van der Waals surface area contributed by atoms with E-state index in [0.717, 1.165) is 0 Å². The van der Waals surface area contributed by atoms with Crippen molar-refractivity contribution in [1.82, 2.24) is 19.9 Å². The van der Waals surface area contributed by atoms with Crippen LogP contribution >= 0.6 is 15.9 Å². The number of halogens is 1. The number of aromatic nitrogens is 4. The molecule has 2 aromatic heterocycles. The van der Waals surface area contributed by atoms with E-state index >= 15 is 0 Å². The molecule has 0 aliphatic carbocycles. The molecule has 0 atom stereocenters. The summed E-state index contributed by atoms with van der Waals surface area (Å²) >= 11 is 3.15. The maximum absolute atomic E-state index is 11.6. The van der Waals surface area contributed by atoms with E-state index in [-0.39, 0.29) is 5.56 Å². The van der Waals surface area contributed by atoms with Crippen LogP contribution < -0.4 is 10.3 Å². The molecule has 7 heteroatoms. The molecule has 2 rings (SSSR count). The van der Waals surface area contributed by atoms with Gasteiger partial charge in [0.05, 0.1) is 12.8 Å². The van der Waals surface area contributed by atoms with Crippen LogP contribution in [-0.2, 0) is 0 Å². The summed E-state index contributed by atoms with van der Waals surface area (Å²) in [6.45, 7) is 1.74. The van der Waals surface area contributed by atoms with Gasteiger partial charge in [-0.25, -0.2) is 15.0 Å². The number of aromatic amines is 1. The van der Waals surface area contributed by atoms with Crippen LogP contribution in [0.4, 0.5) is 0 Å². The second-order valence-electron chi connectivity index (χ2n) is 3.26. The molecule has 0 spiro atoms. The molecule has 0 bridgehead atoms. The van der Waals surface area contributed by atoms with Gasteiger partial charge in [-0.15, -0.1) is 0 Å². The minimum absolute atomic E-state index is 0.245. The van der Waals surface area contributed by atoms with Gasteiger partial charge >= 0.3 is 0 Å². The van der Waals surface area contributed by atoms with Gasteiger partial charge in [0.15, 0.2) is 5.82 Å². The third-order valence-electron chi connectivity index (χ3n) is 2.12. The second-order valence-corrected chi connectivity index (χ2v) is 4.05. The minimum Gasteiger partial charge on any atom is -0.481 e.